The van der Waals surface area contributed by atoms with Gasteiger partial charge < -0.3 is 14.9 Å². The minimum atomic E-state index is -4.32. The van der Waals surface area contributed by atoms with E-state index in [1.165, 1.54) is 48.8 Å². The summed E-state index contributed by atoms with van der Waals surface area (Å²) in [6.45, 7) is 0. The Balaban J connectivity index is 2.17. The molecule has 0 unspecified atom stereocenters. The molecule has 12 heteroatoms. The maximum absolute atomic E-state index is 13.2. The van der Waals surface area contributed by atoms with Crippen molar-refractivity contribution in [3.05, 3.63) is 58.4 Å². The number of hydrogen-bond acceptors (Lipinski definition) is 8. The average Bonchev–Trinajstić information content (AvgIpc) is 3.12. The zero-order chi connectivity index (χ0) is 23.0. The molecular formula is C19H18ClNO7S3. The number of aliphatic hydroxyl groups is 2. The Morgan fingerprint density at radius 2 is 1.74 bits per heavy atom. The van der Waals surface area contributed by atoms with Crippen molar-refractivity contribution >= 4 is 48.5 Å². The first-order valence-electron chi connectivity index (χ1n) is 8.59. The van der Waals surface area contributed by atoms with Gasteiger partial charge in [0, 0.05) is 22.3 Å². The number of ether oxygens (including phenoxy) is 1. The highest BCUT2D eigenvalue weighted by molar-refractivity contribution is 7.93. The van der Waals surface area contributed by atoms with Crippen LogP contribution in [-0.2, 0) is 19.9 Å². The van der Waals surface area contributed by atoms with Crippen LogP contribution in [0.25, 0.3) is 10.4 Å². The highest BCUT2D eigenvalue weighted by atomic mass is 35.5. The molecule has 0 amide bonds. The van der Waals surface area contributed by atoms with E-state index in [9.17, 15) is 27.0 Å². The van der Waals surface area contributed by atoms with E-state index in [1.807, 2.05) is 0 Å². The van der Waals surface area contributed by atoms with Crippen molar-refractivity contribution < 1.29 is 31.8 Å². The standard InChI is InChI=1S/C19H18ClNO7S3/c1-28-15-6-3-11(19(22)23)9-17(15)31(26,27)21-14-10-12(30(2,24)25)4-5-13(14)16-7-8-18(20)29-16/h3-10,19,21-23H,1-2H3. The molecule has 0 aliphatic carbocycles. The zero-order valence-corrected chi connectivity index (χ0v) is 19.4. The molecule has 8 nitrogen and oxygen atoms in total. The maximum atomic E-state index is 13.2. The molecule has 0 aliphatic heterocycles. The Morgan fingerprint density at radius 3 is 2.29 bits per heavy atom. The molecule has 3 N–H and O–H groups in total. The van der Waals surface area contributed by atoms with E-state index in [1.54, 1.807) is 12.1 Å². The van der Waals surface area contributed by atoms with Gasteiger partial charge in [-0.2, -0.15) is 0 Å². The van der Waals surface area contributed by atoms with E-state index in [0.29, 0.717) is 14.8 Å². The minimum absolute atomic E-state index is 0.0124. The van der Waals surface area contributed by atoms with Crippen LogP contribution in [0.3, 0.4) is 0 Å². The third-order valence-corrected chi connectivity index (χ3v) is 8.04. The van der Waals surface area contributed by atoms with Crippen LogP contribution in [0.15, 0.2) is 58.3 Å². The largest absolute Gasteiger partial charge is 0.495 e. The molecule has 0 atom stereocenters. The van der Waals surface area contributed by atoms with Crippen molar-refractivity contribution in [3.8, 4) is 16.2 Å². The normalized spacial score (nSPS) is 12.2. The van der Waals surface area contributed by atoms with Crippen molar-refractivity contribution in [2.24, 2.45) is 0 Å². The van der Waals surface area contributed by atoms with Crippen LogP contribution in [0.1, 0.15) is 11.9 Å². The lowest BCUT2D eigenvalue weighted by molar-refractivity contribution is -0.0426. The van der Waals surface area contributed by atoms with E-state index < -0.39 is 26.2 Å². The van der Waals surface area contributed by atoms with Gasteiger partial charge in [-0.3, -0.25) is 4.72 Å². The molecule has 0 saturated heterocycles. The number of nitrogens with one attached hydrogen (secondary N) is 1. The van der Waals surface area contributed by atoms with E-state index in [2.05, 4.69) is 4.72 Å². The van der Waals surface area contributed by atoms with Gasteiger partial charge >= 0.3 is 0 Å². The molecule has 1 heterocycles. The second-order valence-corrected chi connectivity index (χ2v) is 11.9. The number of rotatable bonds is 7. The molecule has 166 valence electrons. The third kappa shape index (κ3) is 5.20. The highest BCUT2D eigenvalue weighted by Crippen LogP contribution is 2.38. The average molecular weight is 504 g/mol. The van der Waals surface area contributed by atoms with E-state index in [-0.39, 0.29) is 26.8 Å². The Morgan fingerprint density at radius 1 is 1.03 bits per heavy atom. The van der Waals surface area contributed by atoms with E-state index >= 15 is 0 Å². The molecule has 3 aromatic rings. The van der Waals surface area contributed by atoms with Gasteiger partial charge in [0.2, 0.25) is 0 Å². The lowest BCUT2D eigenvalue weighted by Crippen LogP contribution is -2.16. The number of anilines is 1. The van der Waals surface area contributed by atoms with Crippen LogP contribution in [0.2, 0.25) is 4.34 Å². The van der Waals surface area contributed by atoms with Crippen LogP contribution >= 0.6 is 22.9 Å². The van der Waals surface area contributed by atoms with Gasteiger partial charge in [-0.1, -0.05) is 23.7 Å². The van der Waals surface area contributed by atoms with E-state index in [0.717, 1.165) is 12.3 Å². The third-order valence-electron chi connectivity index (χ3n) is 4.28. The van der Waals surface area contributed by atoms with Gasteiger partial charge in [0.1, 0.15) is 10.6 Å². The number of aliphatic hydroxyl groups excluding tert-OH is 1. The Labute approximate surface area is 188 Å². The fourth-order valence-electron chi connectivity index (χ4n) is 2.78. The number of hydrogen-bond donors (Lipinski definition) is 3. The van der Waals surface area contributed by atoms with Gasteiger partial charge in [0.15, 0.2) is 16.1 Å². The van der Waals surface area contributed by atoms with Gasteiger partial charge in [-0.15, -0.1) is 11.3 Å². The van der Waals surface area contributed by atoms with Crippen molar-refractivity contribution in [2.45, 2.75) is 16.1 Å². The van der Waals surface area contributed by atoms with E-state index in [4.69, 9.17) is 16.3 Å². The molecule has 0 radical (unpaired) electrons. The van der Waals surface area contributed by atoms with Crippen LogP contribution in [0.4, 0.5) is 5.69 Å². The summed E-state index contributed by atoms with van der Waals surface area (Å²) in [5.41, 5.74) is 0.375. The fraction of sp³-hybridized carbons (Fsp3) is 0.158. The SMILES string of the molecule is COc1ccc(C(O)O)cc1S(=O)(=O)Nc1cc(S(C)(=O)=O)ccc1-c1ccc(Cl)s1. The molecule has 1 aromatic heterocycles. The number of sulfone groups is 1. The van der Waals surface area contributed by atoms with Gasteiger partial charge in [-0.05, 0) is 36.4 Å². The summed E-state index contributed by atoms with van der Waals surface area (Å²) in [6, 6.07) is 11.1. The predicted octanol–water partition coefficient (Wildman–Crippen LogP) is 3.26. The molecule has 31 heavy (non-hydrogen) atoms. The van der Waals surface area contributed by atoms with Crippen LogP contribution in [0, 0.1) is 0 Å². The fourth-order valence-corrected chi connectivity index (χ4v) is 5.78. The Bertz CT molecular complexity index is 1330. The van der Waals surface area contributed by atoms with Crippen molar-refractivity contribution in [3.63, 3.8) is 0 Å². The summed E-state index contributed by atoms with van der Waals surface area (Å²) >= 11 is 7.20. The van der Waals surface area contributed by atoms with Crippen LogP contribution in [-0.4, -0.2) is 40.4 Å². The Hall–Kier alpha value is -2.15. The molecule has 0 saturated carbocycles. The van der Waals surface area contributed by atoms with Crippen molar-refractivity contribution in [2.75, 3.05) is 18.1 Å². The molecule has 2 aromatic carbocycles. The van der Waals surface area contributed by atoms with Crippen molar-refractivity contribution in [1.29, 1.82) is 0 Å². The van der Waals surface area contributed by atoms with Crippen LogP contribution in [0.5, 0.6) is 5.75 Å². The monoisotopic (exact) mass is 503 g/mol. The molecule has 0 fully saturated rings. The summed E-state index contributed by atoms with van der Waals surface area (Å²) in [6.07, 6.45) is -0.880. The predicted molar refractivity (Wildman–Crippen MR) is 119 cm³/mol. The van der Waals surface area contributed by atoms with Gasteiger partial charge in [0.05, 0.1) is 22.0 Å². The second kappa shape index (κ2) is 8.77. The molecule has 0 spiro atoms. The number of thiophene rings is 1. The summed E-state index contributed by atoms with van der Waals surface area (Å²) < 4.78 is 58.4. The molecule has 0 aliphatic rings. The van der Waals surface area contributed by atoms with Gasteiger partial charge in [-0.25, -0.2) is 16.8 Å². The maximum Gasteiger partial charge on any atom is 0.265 e. The summed E-state index contributed by atoms with van der Waals surface area (Å²) in [4.78, 5) is 0.192. The highest BCUT2D eigenvalue weighted by Gasteiger charge is 2.24. The number of methoxy groups -OCH3 is 1. The number of sulfonamides is 1. The minimum Gasteiger partial charge on any atom is -0.495 e. The quantitative estimate of drug-likeness (QED) is 0.422. The van der Waals surface area contributed by atoms with Gasteiger partial charge in [0.25, 0.3) is 10.0 Å². The topological polar surface area (TPSA) is 130 Å². The lowest BCUT2D eigenvalue weighted by atomic mass is 10.1. The summed E-state index contributed by atoms with van der Waals surface area (Å²) in [7, 11) is -6.67. The molecule has 3 rings (SSSR count). The summed E-state index contributed by atoms with van der Waals surface area (Å²) in [5.74, 6) is -0.0307. The molecule has 0 bridgehead atoms. The zero-order valence-electron chi connectivity index (χ0n) is 16.2. The first kappa shape index (κ1) is 23.5. The smallest absolute Gasteiger partial charge is 0.265 e. The second-order valence-electron chi connectivity index (χ2n) is 6.47. The Kier molecular flexibility index (Phi) is 6.65. The molecular weight excluding hydrogens is 486 g/mol. The first-order chi connectivity index (χ1) is 14.4. The first-order valence-corrected chi connectivity index (χ1v) is 13.2. The number of halogens is 1. The lowest BCUT2D eigenvalue weighted by Gasteiger charge is -2.16. The number of benzene rings is 2. The summed E-state index contributed by atoms with van der Waals surface area (Å²) in [5, 5.41) is 18.8. The van der Waals surface area contributed by atoms with Crippen LogP contribution < -0.4 is 9.46 Å². The van der Waals surface area contributed by atoms with Crippen molar-refractivity contribution in [1.82, 2.24) is 0 Å².